The molecule has 0 amide bonds. The number of rotatable bonds is 5. The molecular weight excluding hydrogens is 1260 g/mol. The first-order valence-corrected chi connectivity index (χ1v) is 35.8. The summed E-state index contributed by atoms with van der Waals surface area (Å²) in [5.74, 6) is 1.62. The minimum atomic E-state index is -0.237. The maximum Gasteiger partial charge on any atom is 0.333 e. The fourth-order valence-corrected chi connectivity index (χ4v) is 19.2. The fourth-order valence-electron chi connectivity index (χ4n) is 18.1. The quantitative estimate of drug-likeness (QED) is 0.158. The summed E-state index contributed by atoms with van der Waals surface area (Å²) in [6.45, 7) is -0.393. The topological polar surface area (TPSA) is 48.5 Å². The van der Waals surface area contributed by atoms with E-state index in [1.165, 1.54) is 98.2 Å². The van der Waals surface area contributed by atoms with Gasteiger partial charge >= 0.3 is 13.7 Å². The second-order valence-corrected chi connectivity index (χ2v) is 28.8. The van der Waals surface area contributed by atoms with Gasteiger partial charge in [0.05, 0.1) is 28.4 Å². The van der Waals surface area contributed by atoms with Gasteiger partial charge in [0, 0.05) is 77.0 Å². The summed E-state index contributed by atoms with van der Waals surface area (Å²) in [5.41, 5.74) is 31.2. The first-order chi connectivity index (χ1) is 50.6. The summed E-state index contributed by atoms with van der Waals surface area (Å²) < 4.78 is 21.2. The molecule has 0 saturated carbocycles. The van der Waals surface area contributed by atoms with Crippen molar-refractivity contribution in [3.63, 3.8) is 0 Å². The van der Waals surface area contributed by atoms with Crippen molar-refractivity contribution in [2.24, 2.45) is 0 Å². The summed E-state index contributed by atoms with van der Waals surface area (Å²) in [5, 5.41) is 9.20. The molecule has 0 aliphatic carbocycles. The van der Waals surface area contributed by atoms with Crippen LogP contribution in [0.5, 0.6) is 11.5 Å². The Morgan fingerprint density at radius 2 is 0.843 bits per heavy atom. The van der Waals surface area contributed by atoms with Gasteiger partial charge in [0.25, 0.3) is 0 Å². The number of ether oxygens (including phenoxy) is 1. The highest BCUT2D eigenvalue weighted by atomic mass is 32.2. The van der Waals surface area contributed by atoms with Gasteiger partial charge in [0.15, 0.2) is 17.1 Å². The molecule has 0 unspecified atom stereocenters. The highest BCUT2D eigenvalue weighted by Gasteiger charge is 2.51. The van der Waals surface area contributed by atoms with Crippen molar-refractivity contribution < 1.29 is 13.6 Å². The molecule has 16 aromatic carbocycles. The lowest BCUT2D eigenvalue weighted by atomic mass is 9.43. The van der Waals surface area contributed by atoms with Crippen LogP contribution in [0.4, 0.5) is 56.9 Å². The number of nitrogens with zero attached hydrogens (tertiary/aromatic N) is 4. The number of fused-ring (bicyclic) bond motifs is 22. The highest BCUT2D eigenvalue weighted by Crippen LogP contribution is 2.60. The number of para-hydroxylation sites is 6. The third-order valence-corrected chi connectivity index (χ3v) is 23.6. The Morgan fingerprint density at radius 1 is 0.294 bits per heavy atom. The van der Waals surface area contributed by atoms with Gasteiger partial charge in [-0.3, -0.25) is 0 Å². The summed E-state index contributed by atoms with van der Waals surface area (Å²) >= 11 is 1.86. The van der Waals surface area contributed by atoms with Gasteiger partial charge in [-0.15, -0.1) is 0 Å². The van der Waals surface area contributed by atoms with Crippen LogP contribution < -0.4 is 46.0 Å². The molecule has 24 rings (SSSR count). The molecular formula is C92H52B2N4O3S. The number of hydrogen-bond acceptors (Lipinski definition) is 8. The van der Waals surface area contributed by atoms with E-state index in [1.807, 2.05) is 11.8 Å². The van der Waals surface area contributed by atoms with E-state index in [2.05, 4.69) is 335 Å². The Hall–Kier alpha value is -12.9. The van der Waals surface area contributed by atoms with Gasteiger partial charge in [-0.05, 0) is 197 Å². The van der Waals surface area contributed by atoms with Crippen molar-refractivity contribution in [2.45, 2.75) is 9.79 Å². The van der Waals surface area contributed by atoms with Crippen LogP contribution in [0.3, 0.4) is 0 Å². The number of hydrogen-bond donors (Lipinski definition) is 0. The summed E-state index contributed by atoms with van der Waals surface area (Å²) in [4.78, 5) is 12.6. The molecule has 102 heavy (non-hydrogen) atoms. The molecule has 0 saturated heterocycles. The number of benzene rings is 16. The van der Waals surface area contributed by atoms with Gasteiger partial charge in [0.1, 0.15) is 16.7 Å². The molecule has 0 N–H and O–H groups in total. The van der Waals surface area contributed by atoms with Gasteiger partial charge in [0.2, 0.25) is 0 Å². The molecule has 470 valence electrons. The third-order valence-electron chi connectivity index (χ3n) is 22.5. The average Bonchev–Trinajstić information content (AvgIpc) is 0.948. The van der Waals surface area contributed by atoms with Crippen molar-refractivity contribution in [3.8, 4) is 67.1 Å². The Bertz CT molecular complexity index is 6750. The van der Waals surface area contributed by atoms with Crippen molar-refractivity contribution in [3.05, 3.63) is 315 Å². The zero-order valence-electron chi connectivity index (χ0n) is 54.6. The van der Waals surface area contributed by atoms with E-state index in [1.54, 1.807) is 0 Å². The zero-order chi connectivity index (χ0) is 66.2. The molecule has 0 radical (unpaired) electrons. The fraction of sp³-hybridized carbons (Fsp3) is 0. The minimum absolute atomic E-state index is 0.157. The van der Waals surface area contributed by atoms with Crippen molar-refractivity contribution in [1.82, 2.24) is 0 Å². The summed E-state index contributed by atoms with van der Waals surface area (Å²) in [6.07, 6.45) is 0. The largest absolute Gasteiger partial charge is 0.456 e. The molecule has 6 aliphatic heterocycles. The maximum absolute atomic E-state index is 7.38. The van der Waals surface area contributed by atoms with Crippen LogP contribution in [0, 0.1) is 0 Å². The van der Waals surface area contributed by atoms with Gasteiger partial charge in [-0.25, -0.2) is 0 Å². The SMILES string of the molecule is c1ccc(-c2ccc(N3B4c5cccc6c5N(c5ccccc5O6)c5c4c(cc4c5oc5ccc(-c6ccc(-c7ccc(N8B9c%10cccc%11c%10N(c%10ccccc%10S%11)c%10cc%11oc%12ccccc%12c%11c(c%109)-c9cc%10ccccc%10cc98)cc7)cc6)cc54)-c4cc5ccccc5cc43)cc2)cc1. The molecule has 7 nitrogen and oxygen atoms in total. The van der Waals surface area contributed by atoms with Crippen LogP contribution in [0.1, 0.15) is 0 Å². The van der Waals surface area contributed by atoms with E-state index in [-0.39, 0.29) is 13.7 Å². The minimum Gasteiger partial charge on any atom is -0.456 e. The van der Waals surface area contributed by atoms with E-state index in [4.69, 9.17) is 13.6 Å². The van der Waals surface area contributed by atoms with Crippen LogP contribution in [0.25, 0.3) is 121 Å². The van der Waals surface area contributed by atoms with Crippen LogP contribution in [-0.2, 0) is 0 Å². The highest BCUT2D eigenvalue weighted by molar-refractivity contribution is 7.99. The van der Waals surface area contributed by atoms with E-state index in [9.17, 15) is 0 Å². The molecule has 2 aromatic heterocycles. The molecule has 0 fully saturated rings. The van der Waals surface area contributed by atoms with Gasteiger partial charge in [-0.2, -0.15) is 0 Å². The smallest absolute Gasteiger partial charge is 0.333 e. The first-order valence-electron chi connectivity index (χ1n) is 35.0. The van der Waals surface area contributed by atoms with E-state index < -0.39 is 0 Å². The number of anilines is 10. The Labute approximate surface area is 591 Å². The van der Waals surface area contributed by atoms with E-state index in [0.29, 0.717) is 0 Å². The lowest BCUT2D eigenvalue weighted by Gasteiger charge is -2.47. The second-order valence-electron chi connectivity index (χ2n) is 27.7. The van der Waals surface area contributed by atoms with Crippen LogP contribution in [0.15, 0.2) is 334 Å². The van der Waals surface area contributed by atoms with E-state index >= 15 is 0 Å². The molecule has 0 spiro atoms. The normalized spacial score (nSPS) is 13.8. The monoisotopic (exact) mass is 1310 g/mol. The zero-order valence-corrected chi connectivity index (χ0v) is 55.4. The molecule has 18 aromatic rings. The molecule has 0 bridgehead atoms. The molecule has 0 atom stereocenters. The molecule has 6 aliphatic rings. The summed E-state index contributed by atoms with van der Waals surface area (Å²) in [6, 6.07) is 116. The number of furan rings is 2. The Morgan fingerprint density at radius 3 is 1.59 bits per heavy atom. The lowest BCUT2D eigenvalue weighted by molar-refractivity contribution is 0.477. The average molecular weight is 1320 g/mol. The van der Waals surface area contributed by atoms with Crippen molar-refractivity contribution in [1.29, 1.82) is 0 Å². The van der Waals surface area contributed by atoms with E-state index in [0.717, 1.165) is 123 Å². The van der Waals surface area contributed by atoms with Crippen LogP contribution >= 0.6 is 11.8 Å². The lowest BCUT2D eigenvalue weighted by Crippen LogP contribution is -2.62. The van der Waals surface area contributed by atoms with Gasteiger partial charge < -0.3 is 33.0 Å². The molecule has 8 heterocycles. The van der Waals surface area contributed by atoms with Gasteiger partial charge in [-0.1, -0.05) is 212 Å². The predicted molar refractivity (Wildman–Crippen MR) is 424 cm³/mol. The second kappa shape index (κ2) is 20.4. The molecule has 10 heteroatoms. The predicted octanol–water partition coefficient (Wildman–Crippen LogP) is 22.8. The maximum atomic E-state index is 7.38. The third kappa shape index (κ3) is 7.52. The van der Waals surface area contributed by atoms with Crippen LogP contribution in [-0.4, -0.2) is 13.7 Å². The Kier molecular flexibility index (Phi) is 11.0. The van der Waals surface area contributed by atoms with Crippen LogP contribution in [0.2, 0.25) is 0 Å². The summed E-state index contributed by atoms with van der Waals surface area (Å²) in [7, 11) is 0. The Balaban J connectivity index is 0.644. The van der Waals surface area contributed by atoms with Crippen molar-refractivity contribution in [2.75, 3.05) is 19.4 Å². The first kappa shape index (κ1) is 55.0. The standard InChI is InChI=1S/C92H52B2N4O3S/c1-2-16-53(17-3-1)55-36-41-63(42-37-55)97-75-49-60-20-6-4-18-58(60)46-66(75)68-51-69-67-47-62(40-45-79(67)101-92(69)91-87(68)93(97)71-23-14-29-81-89(71)96(91)73-25-9-12-28-80(73)100-81)57-34-32-54(33-35-57)56-38-43-64(44-39-56)98-76-50-61-21-7-5-19-59(61)48-70(76)86-85-65-22-8-11-27-78(65)99-82(85)52-77-88(86)94(98)72-24-15-31-84-90(72)95(77)74-26-10-13-30-83(74)102-84/h1-52H. The van der Waals surface area contributed by atoms with Crippen molar-refractivity contribution >= 4 is 170 Å².